The Balaban J connectivity index is 1.93. The molecule has 1 aliphatic heterocycles. The zero-order valence-electron chi connectivity index (χ0n) is 13.4. The van der Waals surface area contributed by atoms with Crippen molar-refractivity contribution in [3.05, 3.63) is 29.6 Å². The molecule has 1 saturated heterocycles. The number of piperidine rings is 1. The molecule has 118 valence electrons. The Kier molecular flexibility index (Phi) is 6.00. The summed E-state index contributed by atoms with van der Waals surface area (Å²) in [5.41, 5.74) is 0.897. The summed E-state index contributed by atoms with van der Waals surface area (Å²) in [4.78, 5) is 2.52. The van der Waals surface area contributed by atoms with E-state index in [4.69, 9.17) is 4.74 Å². The lowest BCUT2D eigenvalue weighted by Crippen LogP contribution is -2.43. The summed E-state index contributed by atoms with van der Waals surface area (Å²) in [5.74, 6) is 0.539. The van der Waals surface area contributed by atoms with Gasteiger partial charge >= 0.3 is 0 Å². The van der Waals surface area contributed by atoms with Crippen LogP contribution >= 0.6 is 0 Å². The zero-order valence-corrected chi connectivity index (χ0v) is 13.4. The predicted molar refractivity (Wildman–Crippen MR) is 84.3 cm³/mol. The highest BCUT2D eigenvalue weighted by Crippen LogP contribution is 2.27. The monoisotopic (exact) mass is 294 g/mol. The Morgan fingerprint density at radius 1 is 1.38 bits per heavy atom. The third kappa shape index (κ3) is 4.42. The van der Waals surface area contributed by atoms with E-state index < -0.39 is 0 Å². The van der Waals surface area contributed by atoms with Gasteiger partial charge in [0, 0.05) is 17.6 Å². The number of methoxy groups -OCH3 is 1. The van der Waals surface area contributed by atoms with E-state index in [-0.39, 0.29) is 11.9 Å². The summed E-state index contributed by atoms with van der Waals surface area (Å²) in [6.45, 7) is 7.80. The quantitative estimate of drug-likeness (QED) is 0.870. The smallest absolute Gasteiger partial charge is 0.123 e. The van der Waals surface area contributed by atoms with Gasteiger partial charge in [0.2, 0.25) is 0 Å². The van der Waals surface area contributed by atoms with Crippen LogP contribution in [0.4, 0.5) is 4.39 Å². The molecule has 0 radical (unpaired) electrons. The van der Waals surface area contributed by atoms with Crippen LogP contribution in [0.2, 0.25) is 0 Å². The minimum Gasteiger partial charge on any atom is -0.496 e. The lowest BCUT2D eigenvalue weighted by Gasteiger charge is -2.34. The average molecular weight is 294 g/mol. The number of halogens is 1. The number of benzene rings is 1. The van der Waals surface area contributed by atoms with Gasteiger partial charge in [-0.2, -0.15) is 0 Å². The van der Waals surface area contributed by atoms with E-state index in [9.17, 15) is 4.39 Å². The minimum atomic E-state index is -0.211. The lowest BCUT2D eigenvalue weighted by molar-refractivity contribution is 0.192. The van der Waals surface area contributed by atoms with Crippen LogP contribution in [-0.2, 0) is 0 Å². The van der Waals surface area contributed by atoms with E-state index in [2.05, 4.69) is 24.1 Å². The van der Waals surface area contributed by atoms with Crippen molar-refractivity contribution in [2.45, 2.75) is 45.2 Å². The number of nitrogens with zero attached hydrogens (tertiary/aromatic N) is 1. The average Bonchev–Trinajstić information content (AvgIpc) is 2.49. The number of likely N-dealkylation sites (tertiary alicyclic amines) is 1. The van der Waals surface area contributed by atoms with Gasteiger partial charge < -0.3 is 15.0 Å². The van der Waals surface area contributed by atoms with Gasteiger partial charge in [0.1, 0.15) is 11.6 Å². The summed E-state index contributed by atoms with van der Waals surface area (Å²) in [5, 5.41) is 3.63. The standard InChI is InChI=1S/C17H27FN2O/c1-4-9-20-10-7-15(8-11-20)19-13(2)16-12-14(18)5-6-17(16)21-3/h5-6,12-13,15,19H,4,7-11H2,1-3H3. The first-order chi connectivity index (χ1) is 10.1. The number of hydrogen-bond acceptors (Lipinski definition) is 3. The minimum absolute atomic E-state index is 0.0957. The Morgan fingerprint density at radius 3 is 2.71 bits per heavy atom. The Bertz CT molecular complexity index is 444. The van der Waals surface area contributed by atoms with Crippen molar-refractivity contribution in [3.8, 4) is 5.75 Å². The Morgan fingerprint density at radius 2 is 2.10 bits per heavy atom. The SMILES string of the molecule is CCCN1CCC(NC(C)c2cc(F)ccc2OC)CC1. The highest BCUT2D eigenvalue weighted by atomic mass is 19.1. The molecule has 1 heterocycles. The van der Waals surface area contributed by atoms with Crippen molar-refractivity contribution in [1.29, 1.82) is 0 Å². The van der Waals surface area contributed by atoms with Crippen LogP contribution in [0.15, 0.2) is 18.2 Å². The van der Waals surface area contributed by atoms with Crippen LogP contribution in [0.5, 0.6) is 5.75 Å². The van der Waals surface area contributed by atoms with Gasteiger partial charge in [-0.1, -0.05) is 6.92 Å². The van der Waals surface area contributed by atoms with Crippen molar-refractivity contribution in [3.63, 3.8) is 0 Å². The van der Waals surface area contributed by atoms with Gasteiger partial charge in [-0.05, 0) is 64.0 Å². The highest BCUT2D eigenvalue weighted by molar-refractivity contribution is 5.36. The van der Waals surface area contributed by atoms with E-state index >= 15 is 0 Å². The van der Waals surface area contributed by atoms with Crippen LogP contribution in [-0.4, -0.2) is 37.7 Å². The first kappa shape index (κ1) is 16.2. The van der Waals surface area contributed by atoms with Crippen molar-refractivity contribution in [2.24, 2.45) is 0 Å². The van der Waals surface area contributed by atoms with Crippen LogP contribution in [0.3, 0.4) is 0 Å². The molecule has 0 spiro atoms. The normalized spacial score (nSPS) is 18.7. The molecule has 4 heteroatoms. The fourth-order valence-corrected chi connectivity index (χ4v) is 3.13. The molecule has 1 aliphatic rings. The molecule has 0 aliphatic carbocycles. The number of hydrogen-bond donors (Lipinski definition) is 1. The molecule has 1 aromatic carbocycles. The number of ether oxygens (including phenoxy) is 1. The second-order valence-electron chi connectivity index (χ2n) is 5.89. The zero-order chi connectivity index (χ0) is 15.2. The molecule has 2 rings (SSSR count). The molecule has 1 N–H and O–H groups in total. The molecule has 1 unspecified atom stereocenters. The first-order valence-electron chi connectivity index (χ1n) is 7.96. The molecule has 21 heavy (non-hydrogen) atoms. The highest BCUT2D eigenvalue weighted by Gasteiger charge is 2.21. The summed E-state index contributed by atoms with van der Waals surface area (Å²) >= 11 is 0. The summed E-state index contributed by atoms with van der Waals surface area (Å²) in [6.07, 6.45) is 3.53. The largest absolute Gasteiger partial charge is 0.496 e. The molecular formula is C17H27FN2O. The summed E-state index contributed by atoms with van der Waals surface area (Å²) in [6, 6.07) is 5.31. The Hall–Kier alpha value is -1.13. The van der Waals surface area contributed by atoms with Crippen LogP contribution in [0.1, 0.15) is 44.7 Å². The second-order valence-corrected chi connectivity index (χ2v) is 5.89. The van der Waals surface area contributed by atoms with Gasteiger partial charge in [0.05, 0.1) is 7.11 Å². The Labute approximate surface area is 127 Å². The van der Waals surface area contributed by atoms with Crippen LogP contribution in [0.25, 0.3) is 0 Å². The molecule has 1 fully saturated rings. The predicted octanol–water partition coefficient (Wildman–Crippen LogP) is 3.36. The van der Waals surface area contributed by atoms with E-state index in [0.717, 1.165) is 37.2 Å². The summed E-state index contributed by atoms with van der Waals surface area (Å²) < 4.78 is 18.8. The van der Waals surface area contributed by atoms with E-state index in [1.54, 1.807) is 19.2 Å². The fraction of sp³-hybridized carbons (Fsp3) is 0.647. The van der Waals surface area contributed by atoms with Crippen molar-refractivity contribution >= 4 is 0 Å². The number of nitrogens with one attached hydrogen (secondary N) is 1. The molecular weight excluding hydrogens is 267 g/mol. The lowest BCUT2D eigenvalue weighted by atomic mass is 10.0. The summed E-state index contributed by atoms with van der Waals surface area (Å²) in [7, 11) is 1.63. The maximum atomic E-state index is 13.5. The van der Waals surface area contributed by atoms with Gasteiger partial charge in [0.25, 0.3) is 0 Å². The van der Waals surface area contributed by atoms with Crippen LogP contribution < -0.4 is 10.1 Å². The van der Waals surface area contributed by atoms with Crippen molar-refractivity contribution < 1.29 is 9.13 Å². The molecule has 0 bridgehead atoms. The maximum Gasteiger partial charge on any atom is 0.123 e. The molecule has 0 saturated carbocycles. The topological polar surface area (TPSA) is 24.5 Å². The van der Waals surface area contributed by atoms with Gasteiger partial charge in [-0.3, -0.25) is 0 Å². The molecule has 0 amide bonds. The molecule has 3 nitrogen and oxygen atoms in total. The van der Waals surface area contributed by atoms with E-state index in [1.165, 1.54) is 19.0 Å². The number of rotatable bonds is 6. The molecule has 0 aromatic heterocycles. The maximum absolute atomic E-state index is 13.5. The van der Waals surface area contributed by atoms with Gasteiger partial charge in [-0.25, -0.2) is 4.39 Å². The van der Waals surface area contributed by atoms with Gasteiger partial charge in [-0.15, -0.1) is 0 Å². The molecule has 1 aromatic rings. The molecule has 1 atom stereocenters. The van der Waals surface area contributed by atoms with E-state index in [1.807, 2.05) is 0 Å². The third-order valence-corrected chi connectivity index (χ3v) is 4.27. The van der Waals surface area contributed by atoms with Crippen molar-refractivity contribution in [2.75, 3.05) is 26.7 Å². The van der Waals surface area contributed by atoms with Gasteiger partial charge in [0.15, 0.2) is 0 Å². The second kappa shape index (κ2) is 7.76. The van der Waals surface area contributed by atoms with Crippen LogP contribution in [0, 0.1) is 5.82 Å². The van der Waals surface area contributed by atoms with Crippen molar-refractivity contribution in [1.82, 2.24) is 10.2 Å². The fourth-order valence-electron chi connectivity index (χ4n) is 3.13. The van der Waals surface area contributed by atoms with E-state index in [0.29, 0.717) is 6.04 Å². The first-order valence-corrected chi connectivity index (χ1v) is 7.96. The third-order valence-electron chi connectivity index (χ3n) is 4.27.